The number of hydrogen-bond donors (Lipinski definition) is 1. The lowest BCUT2D eigenvalue weighted by molar-refractivity contribution is 0.0516. The predicted octanol–water partition coefficient (Wildman–Crippen LogP) is 2.88. The van der Waals surface area contributed by atoms with Gasteiger partial charge < -0.3 is 9.84 Å². The summed E-state index contributed by atoms with van der Waals surface area (Å²) in [7, 11) is 0. The number of para-hydroxylation sites is 1. The van der Waals surface area contributed by atoms with Crippen molar-refractivity contribution in [2.75, 3.05) is 6.61 Å². The maximum absolute atomic E-state index is 11.6. The summed E-state index contributed by atoms with van der Waals surface area (Å²) in [4.78, 5) is 15.7. The van der Waals surface area contributed by atoms with Crippen LogP contribution in [0.5, 0.6) is 5.75 Å². The van der Waals surface area contributed by atoms with Crippen molar-refractivity contribution < 1.29 is 14.6 Å². The van der Waals surface area contributed by atoms with Crippen LogP contribution in [-0.2, 0) is 4.74 Å². The molecule has 88 valence electrons. The molecular weight excluding hydrogens is 286 g/mol. The fourth-order valence-corrected chi connectivity index (χ4v) is 1.97. The van der Waals surface area contributed by atoms with Crippen LogP contribution in [-0.4, -0.2) is 22.7 Å². The van der Waals surface area contributed by atoms with Gasteiger partial charge in [0.05, 0.1) is 12.1 Å². The summed E-state index contributed by atoms with van der Waals surface area (Å²) in [6.45, 7) is 1.94. The standard InChI is InChI=1S/C12H10BrNO3/c1-2-17-12(16)11-9(15)6-7-4-3-5-8(13)10(7)14-11/h3-6,15H,2H2,1H3. The van der Waals surface area contributed by atoms with Gasteiger partial charge in [-0.15, -0.1) is 0 Å². The van der Waals surface area contributed by atoms with E-state index in [0.717, 1.165) is 9.86 Å². The van der Waals surface area contributed by atoms with Crippen molar-refractivity contribution in [1.29, 1.82) is 0 Å². The Kier molecular flexibility index (Phi) is 3.28. The Morgan fingerprint density at radius 1 is 1.53 bits per heavy atom. The number of hydrogen-bond acceptors (Lipinski definition) is 4. The van der Waals surface area contributed by atoms with E-state index in [-0.39, 0.29) is 18.1 Å². The maximum Gasteiger partial charge on any atom is 0.360 e. The quantitative estimate of drug-likeness (QED) is 0.866. The minimum absolute atomic E-state index is 0.0637. The molecule has 0 aliphatic rings. The van der Waals surface area contributed by atoms with Crippen molar-refractivity contribution in [2.24, 2.45) is 0 Å². The van der Waals surface area contributed by atoms with Gasteiger partial charge in [0.2, 0.25) is 0 Å². The number of halogens is 1. The molecule has 1 N–H and O–H groups in total. The molecule has 0 saturated carbocycles. The van der Waals surface area contributed by atoms with Crippen LogP contribution in [0.3, 0.4) is 0 Å². The smallest absolute Gasteiger partial charge is 0.360 e. The molecule has 2 aromatic rings. The first-order chi connectivity index (χ1) is 8.13. The lowest BCUT2D eigenvalue weighted by Crippen LogP contribution is -2.07. The van der Waals surface area contributed by atoms with Crippen LogP contribution in [0.2, 0.25) is 0 Å². The molecule has 1 aromatic carbocycles. The lowest BCUT2D eigenvalue weighted by atomic mass is 10.2. The molecule has 0 unspecified atom stereocenters. The van der Waals surface area contributed by atoms with Crippen LogP contribution in [0.15, 0.2) is 28.7 Å². The number of ether oxygens (including phenoxy) is 1. The summed E-state index contributed by atoms with van der Waals surface area (Å²) < 4.78 is 5.59. The molecule has 0 aliphatic heterocycles. The molecule has 1 aromatic heterocycles. The maximum atomic E-state index is 11.6. The Morgan fingerprint density at radius 2 is 2.29 bits per heavy atom. The molecule has 4 nitrogen and oxygen atoms in total. The van der Waals surface area contributed by atoms with Crippen LogP contribution < -0.4 is 0 Å². The first-order valence-electron chi connectivity index (χ1n) is 5.09. The normalized spacial score (nSPS) is 10.5. The number of pyridine rings is 1. The van der Waals surface area contributed by atoms with E-state index in [4.69, 9.17) is 4.74 Å². The average Bonchev–Trinajstić information content (AvgIpc) is 2.29. The second-order valence-corrected chi connectivity index (χ2v) is 4.24. The van der Waals surface area contributed by atoms with Gasteiger partial charge in [-0.05, 0) is 35.0 Å². The van der Waals surface area contributed by atoms with Gasteiger partial charge in [-0.2, -0.15) is 0 Å². The van der Waals surface area contributed by atoms with Gasteiger partial charge in [0.15, 0.2) is 5.69 Å². The third-order valence-electron chi connectivity index (χ3n) is 2.25. The molecule has 0 amide bonds. The van der Waals surface area contributed by atoms with Crippen molar-refractivity contribution in [2.45, 2.75) is 6.92 Å². The third kappa shape index (κ3) is 2.24. The summed E-state index contributed by atoms with van der Waals surface area (Å²) in [5.41, 5.74) is 0.555. The minimum atomic E-state index is -0.623. The second-order valence-electron chi connectivity index (χ2n) is 3.39. The summed E-state index contributed by atoms with van der Waals surface area (Å²) >= 11 is 3.35. The Hall–Kier alpha value is -1.62. The predicted molar refractivity (Wildman–Crippen MR) is 67.1 cm³/mol. The van der Waals surface area contributed by atoms with E-state index in [2.05, 4.69) is 20.9 Å². The molecule has 1 heterocycles. The van der Waals surface area contributed by atoms with Gasteiger partial charge in [-0.25, -0.2) is 9.78 Å². The monoisotopic (exact) mass is 295 g/mol. The highest BCUT2D eigenvalue weighted by Gasteiger charge is 2.16. The molecule has 0 saturated heterocycles. The van der Waals surface area contributed by atoms with E-state index < -0.39 is 5.97 Å². The highest BCUT2D eigenvalue weighted by Crippen LogP contribution is 2.27. The van der Waals surface area contributed by atoms with Gasteiger partial charge in [-0.1, -0.05) is 12.1 Å². The number of aromatic nitrogens is 1. The largest absolute Gasteiger partial charge is 0.505 e. The molecule has 0 fully saturated rings. The molecule has 0 bridgehead atoms. The van der Waals surface area contributed by atoms with Gasteiger partial charge >= 0.3 is 5.97 Å². The van der Waals surface area contributed by atoms with Crippen LogP contribution in [0.1, 0.15) is 17.4 Å². The summed E-state index contributed by atoms with van der Waals surface area (Å²) in [5.74, 6) is -0.795. The first-order valence-corrected chi connectivity index (χ1v) is 5.88. The molecular formula is C12H10BrNO3. The summed E-state index contributed by atoms with van der Waals surface area (Å²) in [6.07, 6.45) is 0. The summed E-state index contributed by atoms with van der Waals surface area (Å²) in [6, 6.07) is 6.96. The van der Waals surface area contributed by atoms with Crippen molar-refractivity contribution in [3.63, 3.8) is 0 Å². The molecule has 0 aliphatic carbocycles. The van der Waals surface area contributed by atoms with E-state index >= 15 is 0 Å². The summed E-state index contributed by atoms with van der Waals surface area (Å²) in [5, 5.41) is 10.5. The van der Waals surface area contributed by atoms with Crippen molar-refractivity contribution >= 4 is 32.8 Å². The average molecular weight is 296 g/mol. The van der Waals surface area contributed by atoms with Crippen LogP contribution >= 0.6 is 15.9 Å². The fraction of sp³-hybridized carbons (Fsp3) is 0.167. The molecule has 0 spiro atoms. The third-order valence-corrected chi connectivity index (χ3v) is 2.89. The highest BCUT2D eigenvalue weighted by molar-refractivity contribution is 9.10. The van der Waals surface area contributed by atoms with Crippen molar-refractivity contribution in [1.82, 2.24) is 4.98 Å². The van der Waals surface area contributed by atoms with E-state index in [9.17, 15) is 9.90 Å². The fourth-order valence-electron chi connectivity index (χ4n) is 1.50. The second kappa shape index (κ2) is 4.71. The Bertz CT molecular complexity index is 583. The minimum Gasteiger partial charge on any atom is -0.505 e. The SMILES string of the molecule is CCOC(=O)c1nc2c(Br)cccc2cc1O. The zero-order chi connectivity index (χ0) is 12.4. The number of aromatic hydroxyl groups is 1. The number of rotatable bonds is 2. The van der Waals surface area contributed by atoms with E-state index in [1.54, 1.807) is 6.92 Å². The van der Waals surface area contributed by atoms with Gasteiger partial charge in [0, 0.05) is 9.86 Å². The van der Waals surface area contributed by atoms with E-state index in [0.29, 0.717) is 5.52 Å². The molecule has 0 radical (unpaired) electrons. The lowest BCUT2D eigenvalue weighted by Gasteiger charge is -2.06. The number of carbonyl (C=O) groups excluding carboxylic acids is 1. The molecule has 17 heavy (non-hydrogen) atoms. The number of benzene rings is 1. The van der Waals surface area contributed by atoms with E-state index in [1.807, 2.05) is 18.2 Å². The van der Waals surface area contributed by atoms with Crippen LogP contribution in [0, 0.1) is 0 Å². The van der Waals surface area contributed by atoms with Gasteiger partial charge in [0.25, 0.3) is 0 Å². The topological polar surface area (TPSA) is 59.4 Å². The first kappa shape index (κ1) is 11.9. The zero-order valence-corrected chi connectivity index (χ0v) is 10.7. The number of nitrogens with zero attached hydrogens (tertiary/aromatic N) is 1. The van der Waals surface area contributed by atoms with Crippen molar-refractivity contribution in [3.05, 3.63) is 34.4 Å². The Labute approximate surface area is 106 Å². The van der Waals surface area contributed by atoms with E-state index in [1.165, 1.54) is 6.07 Å². The highest BCUT2D eigenvalue weighted by atomic mass is 79.9. The Balaban J connectivity index is 2.61. The van der Waals surface area contributed by atoms with Gasteiger partial charge in [-0.3, -0.25) is 0 Å². The zero-order valence-electron chi connectivity index (χ0n) is 9.11. The number of esters is 1. The molecule has 0 atom stereocenters. The van der Waals surface area contributed by atoms with Crippen molar-refractivity contribution in [3.8, 4) is 5.75 Å². The molecule has 2 rings (SSSR count). The molecule has 5 heteroatoms. The Morgan fingerprint density at radius 3 is 3.00 bits per heavy atom. The van der Waals surface area contributed by atoms with Crippen LogP contribution in [0.25, 0.3) is 10.9 Å². The number of carbonyl (C=O) groups is 1. The van der Waals surface area contributed by atoms with Crippen LogP contribution in [0.4, 0.5) is 0 Å². The number of fused-ring (bicyclic) bond motifs is 1. The van der Waals surface area contributed by atoms with Gasteiger partial charge in [0.1, 0.15) is 5.75 Å².